The van der Waals surface area contributed by atoms with Crippen LogP contribution in [-0.4, -0.2) is 36.4 Å². The topological polar surface area (TPSA) is 88.4 Å². The van der Waals surface area contributed by atoms with Crippen molar-refractivity contribution in [2.45, 2.75) is 13.8 Å². The summed E-state index contributed by atoms with van der Waals surface area (Å²) in [6.45, 7) is 3.98. The fourth-order valence-electron chi connectivity index (χ4n) is 2.93. The van der Waals surface area contributed by atoms with Crippen molar-refractivity contribution in [3.8, 4) is 11.5 Å². The zero-order valence-electron chi connectivity index (χ0n) is 16.1. The number of ether oxygens (including phenoxy) is 2. The molecule has 2 aromatic rings. The first-order valence-electron chi connectivity index (χ1n) is 8.81. The fourth-order valence-corrected chi connectivity index (χ4v) is 3.23. The molecule has 2 aromatic carbocycles. The molecule has 1 heterocycles. The van der Waals surface area contributed by atoms with Crippen molar-refractivity contribution in [3.05, 3.63) is 58.1 Å². The number of aromatic carboxylic acids is 1. The van der Waals surface area contributed by atoms with Crippen LogP contribution in [0.4, 0.5) is 5.69 Å². The van der Waals surface area contributed by atoms with Crippen LogP contribution < -0.4 is 14.5 Å². The largest absolute Gasteiger partial charge is 0.491 e. The summed E-state index contributed by atoms with van der Waals surface area (Å²) in [5.74, 6) is -0.549. The van der Waals surface area contributed by atoms with Crippen LogP contribution in [0.2, 0.25) is 5.02 Å². The maximum atomic E-state index is 12.9. The average Bonchev–Trinajstić information content (AvgIpc) is 2.96. The smallest absolute Gasteiger partial charge is 0.335 e. The number of benzene rings is 2. The molecule has 1 N–H and O–H groups in total. The first-order valence-corrected chi connectivity index (χ1v) is 9.19. The molecule has 1 aliphatic heterocycles. The highest BCUT2D eigenvalue weighted by Gasteiger charge is 2.29. The van der Waals surface area contributed by atoms with Gasteiger partial charge in [0.15, 0.2) is 11.5 Å². The minimum Gasteiger partial charge on any atom is -0.491 e. The van der Waals surface area contributed by atoms with E-state index in [9.17, 15) is 9.59 Å². The van der Waals surface area contributed by atoms with Gasteiger partial charge in [0, 0.05) is 0 Å². The molecule has 150 valence electrons. The lowest BCUT2D eigenvalue weighted by Crippen LogP contribution is -2.21. The van der Waals surface area contributed by atoms with Gasteiger partial charge in [-0.25, -0.2) is 4.79 Å². The SMILES string of the molecule is CCOc1cc(/C=C2\C(=O)N(c3cccc(C(=O)O)c3)N=C2C)cc(Cl)c1OC. The first-order chi connectivity index (χ1) is 13.8. The Kier molecular flexibility index (Phi) is 5.89. The Morgan fingerprint density at radius 3 is 2.72 bits per heavy atom. The third-order valence-corrected chi connectivity index (χ3v) is 4.53. The van der Waals surface area contributed by atoms with Gasteiger partial charge in [0.1, 0.15) is 0 Å². The number of anilines is 1. The van der Waals surface area contributed by atoms with E-state index in [-0.39, 0.29) is 11.5 Å². The molecular formula is C21H19ClN2O5. The number of hydrazone groups is 1. The summed E-state index contributed by atoms with van der Waals surface area (Å²) >= 11 is 6.28. The Balaban J connectivity index is 1.98. The van der Waals surface area contributed by atoms with Gasteiger partial charge in [0.2, 0.25) is 0 Å². The molecule has 7 nitrogen and oxygen atoms in total. The number of hydrogen-bond acceptors (Lipinski definition) is 5. The van der Waals surface area contributed by atoms with Gasteiger partial charge in [-0.15, -0.1) is 0 Å². The Morgan fingerprint density at radius 1 is 1.31 bits per heavy atom. The van der Waals surface area contributed by atoms with Crippen molar-refractivity contribution >= 4 is 41.0 Å². The minimum absolute atomic E-state index is 0.0730. The number of nitrogens with zero attached hydrogens (tertiary/aromatic N) is 2. The number of carbonyl (C=O) groups is 2. The zero-order valence-corrected chi connectivity index (χ0v) is 16.9. The highest BCUT2D eigenvalue weighted by atomic mass is 35.5. The fraction of sp³-hybridized carbons (Fsp3) is 0.190. The summed E-state index contributed by atoms with van der Waals surface area (Å²) in [6, 6.07) is 9.45. The summed E-state index contributed by atoms with van der Waals surface area (Å²) in [7, 11) is 1.50. The van der Waals surface area contributed by atoms with E-state index in [1.165, 1.54) is 24.3 Å². The standard InChI is InChI=1S/C21H19ClN2O5/c1-4-29-18-10-13(9-17(22)19(18)28-3)8-16-12(2)23-24(20(16)25)15-7-5-6-14(11-15)21(26)27/h5-11H,4H2,1-3H3,(H,26,27)/b16-8-. The molecule has 0 unspecified atom stereocenters. The molecule has 1 amide bonds. The van der Waals surface area contributed by atoms with Gasteiger partial charge in [0.25, 0.3) is 5.91 Å². The lowest BCUT2D eigenvalue weighted by molar-refractivity contribution is -0.114. The predicted molar refractivity (Wildman–Crippen MR) is 111 cm³/mol. The Hall–Kier alpha value is -3.32. The second kappa shape index (κ2) is 8.36. The van der Waals surface area contributed by atoms with Crippen LogP contribution in [0.5, 0.6) is 11.5 Å². The molecular weight excluding hydrogens is 396 g/mol. The van der Waals surface area contributed by atoms with Gasteiger partial charge >= 0.3 is 5.97 Å². The maximum Gasteiger partial charge on any atom is 0.335 e. The lowest BCUT2D eigenvalue weighted by Gasteiger charge is -2.13. The Morgan fingerprint density at radius 2 is 2.07 bits per heavy atom. The summed E-state index contributed by atoms with van der Waals surface area (Å²) in [6.07, 6.45) is 1.66. The molecule has 0 aliphatic carbocycles. The van der Waals surface area contributed by atoms with E-state index in [2.05, 4.69) is 5.10 Å². The minimum atomic E-state index is -1.08. The third kappa shape index (κ3) is 4.09. The zero-order chi connectivity index (χ0) is 21.1. The normalized spacial score (nSPS) is 14.9. The summed E-state index contributed by atoms with van der Waals surface area (Å²) < 4.78 is 10.9. The third-order valence-electron chi connectivity index (χ3n) is 4.25. The van der Waals surface area contributed by atoms with E-state index >= 15 is 0 Å². The van der Waals surface area contributed by atoms with Crippen LogP contribution in [0, 0.1) is 0 Å². The van der Waals surface area contributed by atoms with Gasteiger partial charge < -0.3 is 14.6 Å². The molecule has 0 saturated carbocycles. The molecule has 8 heteroatoms. The van der Waals surface area contributed by atoms with Crippen molar-refractivity contribution in [3.63, 3.8) is 0 Å². The number of methoxy groups -OCH3 is 1. The number of carbonyl (C=O) groups excluding carboxylic acids is 1. The summed E-state index contributed by atoms with van der Waals surface area (Å²) in [5, 5.41) is 15.0. The molecule has 1 aliphatic rings. The molecule has 0 bridgehead atoms. The van der Waals surface area contributed by atoms with Crippen molar-refractivity contribution in [1.82, 2.24) is 0 Å². The quantitative estimate of drug-likeness (QED) is 0.714. The van der Waals surface area contributed by atoms with Crippen LogP contribution in [-0.2, 0) is 4.79 Å². The van der Waals surface area contributed by atoms with Gasteiger partial charge in [-0.05, 0) is 55.8 Å². The Labute approximate surface area is 172 Å². The van der Waals surface area contributed by atoms with Crippen LogP contribution in [0.25, 0.3) is 6.08 Å². The van der Waals surface area contributed by atoms with Crippen LogP contribution >= 0.6 is 11.6 Å². The monoisotopic (exact) mass is 414 g/mol. The van der Waals surface area contributed by atoms with E-state index in [0.29, 0.717) is 45.7 Å². The first kappa shape index (κ1) is 20.4. The maximum absolute atomic E-state index is 12.9. The molecule has 0 saturated heterocycles. The Bertz CT molecular complexity index is 1050. The average molecular weight is 415 g/mol. The number of carboxylic acids is 1. The molecule has 0 fully saturated rings. The highest BCUT2D eigenvalue weighted by molar-refractivity contribution is 6.33. The van der Waals surface area contributed by atoms with Crippen molar-refractivity contribution < 1.29 is 24.2 Å². The van der Waals surface area contributed by atoms with E-state index in [4.69, 9.17) is 26.2 Å². The van der Waals surface area contributed by atoms with E-state index in [0.717, 1.165) is 0 Å². The predicted octanol–water partition coefficient (Wildman–Crippen LogP) is 4.25. The molecule has 3 rings (SSSR count). The van der Waals surface area contributed by atoms with Gasteiger partial charge in [-0.1, -0.05) is 17.7 Å². The number of halogens is 1. The van der Waals surface area contributed by atoms with E-state index in [1.807, 2.05) is 6.92 Å². The van der Waals surface area contributed by atoms with Gasteiger partial charge in [0.05, 0.1) is 41.3 Å². The van der Waals surface area contributed by atoms with Crippen molar-refractivity contribution in [2.75, 3.05) is 18.7 Å². The van der Waals surface area contributed by atoms with Gasteiger partial charge in [-0.2, -0.15) is 10.1 Å². The number of amides is 1. The van der Waals surface area contributed by atoms with Crippen LogP contribution in [0.15, 0.2) is 47.1 Å². The summed E-state index contributed by atoms with van der Waals surface area (Å²) in [4.78, 5) is 24.1. The highest BCUT2D eigenvalue weighted by Crippen LogP contribution is 2.37. The number of rotatable bonds is 6. The van der Waals surface area contributed by atoms with Gasteiger partial charge in [-0.3, -0.25) is 4.79 Å². The molecule has 0 radical (unpaired) electrons. The van der Waals surface area contributed by atoms with Crippen LogP contribution in [0.3, 0.4) is 0 Å². The second-order valence-electron chi connectivity index (χ2n) is 6.18. The molecule has 0 aromatic heterocycles. The number of carboxylic acid groups (broad SMARTS) is 1. The number of hydrogen-bond donors (Lipinski definition) is 1. The van der Waals surface area contributed by atoms with Crippen molar-refractivity contribution in [2.24, 2.45) is 5.10 Å². The second-order valence-corrected chi connectivity index (χ2v) is 6.59. The lowest BCUT2D eigenvalue weighted by atomic mass is 10.1. The molecule has 0 spiro atoms. The van der Waals surface area contributed by atoms with Crippen molar-refractivity contribution in [1.29, 1.82) is 0 Å². The van der Waals surface area contributed by atoms with E-state index < -0.39 is 5.97 Å². The summed E-state index contributed by atoms with van der Waals surface area (Å²) in [5.41, 5.74) is 1.97. The molecule has 0 atom stereocenters. The van der Waals surface area contributed by atoms with Crippen LogP contribution in [0.1, 0.15) is 29.8 Å². The molecule has 29 heavy (non-hydrogen) atoms. The van der Waals surface area contributed by atoms with E-state index in [1.54, 1.807) is 37.3 Å².